The van der Waals surface area contributed by atoms with Gasteiger partial charge in [-0.2, -0.15) is 5.10 Å². The molecule has 21 heavy (non-hydrogen) atoms. The van der Waals surface area contributed by atoms with Crippen molar-refractivity contribution in [3.63, 3.8) is 0 Å². The van der Waals surface area contributed by atoms with E-state index in [1.807, 2.05) is 0 Å². The van der Waals surface area contributed by atoms with Gasteiger partial charge in [0.05, 0.1) is 19.3 Å². The van der Waals surface area contributed by atoms with E-state index in [4.69, 9.17) is 16.7 Å². The highest BCUT2D eigenvalue weighted by Gasteiger charge is 2.21. The van der Waals surface area contributed by atoms with E-state index in [1.54, 1.807) is 31.2 Å². The Morgan fingerprint density at radius 1 is 1.43 bits per heavy atom. The number of aliphatic hydroxyl groups excluding tert-OH is 1. The maximum atomic E-state index is 12.3. The van der Waals surface area contributed by atoms with Crippen molar-refractivity contribution in [2.45, 2.75) is 24.4 Å². The van der Waals surface area contributed by atoms with Crippen molar-refractivity contribution in [1.29, 1.82) is 0 Å². The molecule has 114 valence electrons. The van der Waals surface area contributed by atoms with Gasteiger partial charge in [0.2, 0.25) is 10.0 Å². The van der Waals surface area contributed by atoms with Crippen LogP contribution in [0.2, 0.25) is 5.02 Å². The second kappa shape index (κ2) is 6.57. The molecular formula is C13H16ClN3O3S. The second-order valence-corrected chi connectivity index (χ2v) is 6.65. The third-order valence-corrected chi connectivity index (χ3v) is 4.79. The van der Waals surface area contributed by atoms with Gasteiger partial charge >= 0.3 is 0 Å². The molecule has 1 heterocycles. The molecule has 1 atom stereocenters. The largest absolute Gasteiger partial charge is 0.394 e. The summed E-state index contributed by atoms with van der Waals surface area (Å²) in [7, 11) is -3.70. The standard InChI is InChI=1S/C13H16ClN3O3S/c1-10(12-4-2-3-5-13(12)14)16-21(19,20)11-8-15-17(9-11)6-7-18/h2-5,8-10,16,18H,6-7H2,1H3. The lowest BCUT2D eigenvalue weighted by Gasteiger charge is -2.15. The number of benzene rings is 1. The summed E-state index contributed by atoms with van der Waals surface area (Å²) in [5.74, 6) is 0. The van der Waals surface area contributed by atoms with E-state index in [2.05, 4.69) is 9.82 Å². The number of hydrogen-bond acceptors (Lipinski definition) is 4. The Kier molecular flexibility index (Phi) is 5.00. The number of nitrogens with zero attached hydrogens (tertiary/aromatic N) is 2. The number of hydrogen-bond donors (Lipinski definition) is 2. The molecule has 0 fully saturated rings. The molecular weight excluding hydrogens is 314 g/mol. The average molecular weight is 330 g/mol. The van der Waals surface area contributed by atoms with E-state index in [-0.39, 0.29) is 18.0 Å². The molecule has 0 spiro atoms. The summed E-state index contributed by atoms with van der Waals surface area (Å²) in [5.41, 5.74) is 0.700. The molecule has 0 saturated heterocycles. The Bertz CT molecular complexity index is 715. The van der Waals surface area contributed by atoms with Crippen LogP contribution >= 0.6 is 11.6 Å². The Morgan fingerprint density at radius 3 is 2.81 bits per heavy atom. The lowest BCUT2D eigenvalue weighted by molar-refractivity contribution is 0.269. The molecule has 2 aromatic rings. The maximum absolute atomic E-state index is 12.3. The van der Waals surface area contributed by atoms with Gasteiger partial charge in [-0.05, 0) is 18.6 Å². The van der Waals surface area contributed by atoms with E-state index in [9.17, 15) is 8.42 Å². The van der Waals surface area contributed by atoms with Gasteiger partial charge < -0.3 is 5.11 Å². The molecule has 0 bridgehead atoms. The highest BCUT2D eigenvalue weighted by Crippen LogP contribution is 2.23. The van der Waals surface area contributed by atoms with E-state index in [0.29, 0.717) is 10.6 Å². The minimum atomic E-state index is -3.70. The van der Waals surface area contributed by atoms with Gasteiger partial charge in [0.1, 0.15) is 4.90 Å². The summed E-state index contributed by atoms with van der Waals surface area (Å²) < 4.78 is 28.5. The minimum absolute atomic E-state index is 0.0508. The SMILES string of the molecule is CC(NS(=O)(=O)c1cnn(CCO)c1)c1ccccc1Cl. The molecule has 0 aliphatic carbocycles. The lowest BCUT2D eigenvalue weighted by Crippen LogP contribution is -2.26. The Morgan fingerprint density at radius 2 is 2.14 bits per heavy atom. The number of nitrogens with one attached hydrogen (secondary N) is 1. The average Bonchev–Trinajstić information content (AvgIpc) is 2.88. The Labute approximate surface area is 128 Å². The van der Waals surface area contributed by atoms with Gasteiger partial charge in [0, 0.05) is 17.3 Å². The normalized spacial score (nSPS) is 13.3. The van der Waals surface area contributed by atoms with Crippen molar-refractivity contribution < 1.29 is 13.5 Å². The van der Waals surface area contributed by atoms with Crippen molar-refractivity contribution in [2.75, 3.05) is 6.61 Å². The van der Waals surface area contributed by atoms with E-state index in [0.717, 1.165) is 0 Å². The highest BCUT2D eigenvalue weighted by molar-refractivity contribution is 7.89. The monoisotopic (exact) mass is 329 g/mol. The third kappa shape index (κ3) is 3.82. The number of aliphatic hydroxyl groups is 1. The molecule has 6 nitrogen and oxygen atoms in total. The topological polar surface area (TPSA) is 84.2 Å². The van der Waals surface area contributed by atoms with E-state index in [1.165, 1.54) is 17.1 Å². The summed E-state index contributed by atoms with van der Waals surface area (Å²) in [6, 6.07) is 6.59. The van der Waals surface area contributed by atoms with Crippen LogP contribution in [0.25, 0.3) is 0 Å². The van der Waals surface area contributed by atoms with Crippen LogP contribution in [0.4, 0.5) is 0 Å². The molecule has 0 radical (unpaired) electrons. The first-order valence-electron chi connectivity index (χ1n) is 6.34. The summed E-state index contributed by atoms with van der Waals surface area (Å²) in [6.07, 6.45) is 2.62. The summed E-state index contributed by atoms with van der Waals surface area (Å²) in [5, 5.41) is 13.2. The molecule has 0 aliphatic heterocycles. The van der Waals surface area contributed by atoms with Gasteiger partial charge in [-0.15, -0.1) is 0 Å². The fourth-order valence-corrected chi connectivity index (χ4v) is 3.37. The van der Waals surface area contributed by atoms with Crippen LogP contribution in [-0.4, -0.2) is 29.9 Å². The zero-order chi connectivity index (χ0) is 15.5. The number of rotatable bonds is 6. The smallest absolute Gasteiger partial charge is 0.244 e. The first-order chi connectivity index (χ1) is 9.94. The molecule has 0 saturated carbocycles. The first-order valence-corrected chi connectivity index (χ1v) is 8.20. The van der Waals surface area contributed by atoms with Crippen LogP contribution in [0.15, 0.2) is 41.6 Å². The second-order valence-electron chi connectivity index (χ2n) is 4.53. The summed E-state index contributed by atoms with van der Waals surface area (Å²) in [6.45, 7) is 1.86. The van der Waals surface area contributed by atoms with Crippen LogP contribution < -0.4 is 4.72 Å². The maximum Gasteiger partial charge on any atom is 0.244 e. The van der Waals surface area contributed by atoms with E-state index < -0.39 is 16.1 Å². The third-order valence-electron chi connectivity index (χ3n) is 2.95. The number of halogens is 1. The van der Waals surface area contributed by atoms with Gasteiger partial charge in [-0.3, -0.25) is 4.68 Å². The predicted octanol–water partition coefficient (Wildman–Crippen LogP) is 1.57. The number of aromatic nitrogens is 2. The molecule has 2 rings (SSSR count). The van der Waals surface area contributed by atoms with Crippen LogP contribution in [0.1, 0.15) is 18.5 Å². The summed E-state index contributed by atoms with van der Waals surface area (Å²) in [4.78, 5) is 0.0508. The van der Waals surface area contributed by atoms with Gasteiger partial charge in [-0.1, -0.05) is 29.8 Å². The Hall–Kier alpha value is -1.41. The zero-order valence-electron chi connectivity index (χ0n) is 11.4. The quantitative estimate of drug-likeness (QED) is 0.842. The van der Waals surface area contributed by atoms with Crippen molar-refractivity contribution in [3.8, 4) is 0 Å². The van der Waals surface area contributed by atoms with Crippen LogP contribution in [-0.2, 0) is 16.6 Å². The van der Waals surface area contributed by atoms with E-state index >= 15 is 0 Å². The van der Waals surface area contributed by atoms with Crippen LogP contribution in [0.3, 0.4) is 0 Å². The van der Waals surface area contributed by atoms with Gasteiger partial charge in [0.25, 0.3) is 0 Å². The molecule has 1 aromatic carbocycles. The van der Waals surface area contributed by atoms with Crippen molar-refractivity contribution >= 4 is 21.6 Å². The predicted molar refractivity (Wildman–Crippen MR) is 79.5 cm³/mol. The highest BCUT2D eigenvalue weighted by atomic mass is 35.5. The zero-order valence-corrected chi connectivity index (χ0v) is 13.0. The molecule has 1 aromatic heterocycles. The van der Waals surface area contributed by atoms with Crippen molar-refractivity contribution in [1.82, 2.24) is 14.5 Å². The van der Waals surface area contributed by atoms with Gasteiger partial charge in [0.15, 0.2) is 0 Å². The minimum Gasteiger partial charge on any atom is -0.394 e. The summed E-state index contributed by atoms with van der Waals surface area (Å²) >= 11 is 6.06. The first kappa shape index (κ1) is 16.0. The van der Waals surface area contributed by atoms with Crippen LogP contribution in [0, 0.1) is 0 Å². The van der Waals surface area contributed by atoms with Gasteiger partial charge in [-0.25, -0.2) is 13.1 Å². The molecule has 0 amide bonds. The van der Waals surface area contributed by atoms with Crippen LogP contribution in [0.5, 0.6) is 0 Å². The fourth-order valence-electron chi connectivity index (χ4n) is 1.90. The fraction of sp³-hybridized carbons (Fsp3) is 0.308. The van der Waals surface area contributed by atoms with Crippen molar-refractivity contribution in [2.24, 2.45) is 0 Å². The Balaban J connectivity index is 2.18. The molecule has 2 N–H and O–H groups in total. The lowest BCUT2D eigenvalue weighted by atomic mass is 10.1. The van der Waals surface area contributed by atoms with Crippen molar-refractivity contribution in [3.05, 3.63) is 47.2 Å². The number of sulfonamides is 1. The molecule has 8 heteroatoms. The molecule has 0 aliphatic rings. The molecule has 1 unspecified atom stereocenters.